The van der Waals surface area contributed by atoms with Gasteiger partial charge in [-0.2, -0.15) is 18.5 Å². The molecule has 3 aliphatic rings. The van der Waals surface area contributed by atoms with Crippen LogP contribution in [-0.2, 0) is 14.9 Å². The summed E-state index contributed by atoms with van der Waals surface area (Å²) in [7, 11) is -2.41. The number of nitrogens with zero attached hydrogens (tertiary/aromatic N) is 4. The molecule has 202 valence electrons. The first-order chi connectivity index (χ1) is 18.6. The zero-order valence-corrected chi connectivity index (χ0v) is 23.8. The van der Waals surface area contributed by atoms with Crippen molar-refractivity contribution < 1.29 is 17.8 Å². The number of aromatic nitrogens is 1. The van der Waals surface area contributed by atoms with Gasteiger partial charge in [-0.3, -0.25) is 18.7 Å². The first kappa shape index (κ1) is 26.1. The van der Waals surface area contributed by atoms with Gasteiger partial charge in [0.1, 0.15) is 14.2 Å². The summed E-state index contributed by atoms with van der Waals surface area (Å²) in [6, 6.07) is 13.3. The lowest BCUT2D eigenvalue weighted by Crippen LogP contribution is -2.38. The van der Waals surface area contributed by atoms with E-state index in [-0.39, 0.29) is 22.4 Å². The van der Waals surface area contributed by atoms with E-state index < -0.39 is 10.1 Å². The van der Waals surface area contributed by atoms with Crippen LogP contribution in [0.15, 0.2) is 68.2 Å². The van der Waals surface area contributed by atoms with Crippen molar-refractivity contribution in [1.82, 2.24) is 4.57 Å². The predicted molar refractivity (Wildman–Crippen MR) is 154 cm³/mol. The van der Waals surface area contributed by atoms with Crippen LogP contribution in [0.1, 0.15) is 45.1 Å². The largest absolute Gasteiger partial charge is 0.337 e. The van der Waals surface area contributed by atoms with E-state index in [4.69, 9.17) is 0 Å². The molecule has 2 aromatic carbocycles. The molecule has 1 aliphatic carbocycles. The highest BCUT2D eigenvalue weighted by Crippen LogP contribution is 2.45. The summed E-state index contributed by atoms with van der Waals surface area (Å²) < 4.78 is 35.2. The van der Waals surface area contributed by atoms with Gasteiger partial charge < -0.3 is 4.90 Å². The molecule has 0 unspecified atom stereocenters. The van der Waals surface area contributed by atoms with Gasteiger partial charge in [0.25, 0.3) is 21.6 Å². The van der Waals surface area contributed by atoms with Crippen molar-refractivity contribution in [1.29, 1.82) is 0 Å². The number of hydrazone groups is 1. The van der Waals surface area contributed by atoms with Crippen LogP contribution in [0.3, 0.4) is 0 Å². The number of hydrogen-bond acceptors (Lipinski definition) is 8. The molecule has 2 aliphatic heterocycles. The Balaban J connectivity index is 1.53. The van der Waals surface area contributed by atoms with E-state index in [9.17, 15) is 22.6 Å². The van der Waals surface area contributed by atoms with E-state index in [2.05, 4.69) is 5.10 Å². The molecule has 0 spiro atoms. The molecule has 3 heterocycles. The van der Waals surface area contributed by atoms with Crippen molar-refractivity contribution in [3.63, 3.8) is 0 Å². The van der Waals surface area contributed by atoms with Crippen LogP contribution in [0, 0.1) is 0 Å². The highest BCUT2D eigenvalue weighted by atomic mass is 32.2. The zero-order valence-electron chi connectivity index (χ0n) is 21.3. The number of carbonyl (C=O) groups is 1. The van der Waals surface area contributed by atoms with E-state index in [1.807, 2.05) is 40.8 Å². The molecular weight excluding hydrogens is 557 g/mol. The Morgan fingerprint density at radius 2 is 1.69 bits per heavy atom. The third-order valence-electron chi connectivity index (χ3n) is 7.31. The van der Waals surface area contributed by atoms with E-state index >= 15 is 0 Å². The lowest BCUT2D eigenvalue weighted by atomic mass is 9.95. The predicted octanol–water partition coefficient (Wildman–Crippen LogP) is 3.54. The molecule has 9 nitrogen and oxygen atoms in total. The number of rotatable bonds is 3. The van der Waals surface area contributed by atoms with Crippen molar-refractivity contribution in [3.05, 3.63) is 68.1 Å². The number of thiazole rings is 1. The summed E-state index contributed by atoms with van der Waals surface area (Å²) >= 11 is 2.89. The van der Waals surface area contributed by atoms with Crippen LogP contribution in [0.5, 0.6) is 0 Å². The van der Waals surface area contributed by atoms with Crippen LogP contribution in [0.2, 0.25) is 0 Å². The summed E-state index contributed by atoms with van der Waals surface area (Å²) in [6.07, 6.45) is 4.94. The Labute approximate surface area is 233 Å². The van der Waals surface area contributed by atoms with E-state index in [1.165, 1.54) is 40.6 Å². The van der Waals surface area contributed by atoms with Gasteiger partial charge in [-0.1, -0.05) is 43.2 Å². The Bertz CT molecular complexity index is 1820. The molecule has 0 bridgehead atoms. The second-order valence-electron chi connectivity index (χ2n) is 9.78. The van der Waals surface area contributed by atoms with Crippen LogP contribution in [0.4, 0.5) is 11.4 Å². The summed E-state index contributed by atoms with van der Waals surface area (Å²) in [5.41, 5.74) is 2.17. The molecule has 3 aromatic rings. The van der Waals surface area contributed by atoms with Crippen molar-refractivity contribution in [2.45, 2.75) is 54.9 Å². The fourth-order valence-corrected chi connectivity index (χ4v) is 8.44. The van der Waals surface area contributed by atoms with Gasteiger partial charge in [-0.25, -0.2) is 0 Å². The standard InChI is InChI=1S/C27H26N4O5S3/c1-16-22(24(32)31(28-16)18-12-14-19(15-13-18)39(34,35)36)26-30(17-8-4-3-5-9-17)25(33)23(38-26)27-29(2)20-10-6-7-11-21(20)37-27/h6-7,10-15,17H,3-5,8-9H2,1-2H3,(H,34,35,36)/b26-22+,27-23-. The number of carbonyl (C=O) groups excluding carboxylic acids is 1. The lowest BCUT2D eigenvalue weighted by molar-refractivity contribution is -0.112. The first-order valence-electron chi connectivity index (χ1n) is 12.6. The minimum atomic E-state index is -4.36. The van der Waals surface area contributed by atoms with Gasteiger partial charge in [0, 0.05) is 18.0 Å². The summed E-state index contributed by atoms with van der Waals surface area (Å²) in [4.78, 5) is 30.7. The van der Waals surface area contributed by atoms with Crippen molar-refractivity contribution >= 4 is 66.8 Å². The maximum Gasteiger partial charge on any atom is 0.294 e. The monoisotopic (exact) mass is 582 g/mol. The molecule has 0 atom stereocenters. The Morgan fingerprint density at radius 3 is 2.36 bits per heavy atom. The van der Waals surface area contributed by atoms with Gasteiger partial charge in [0.2, 0.25) is 0 Å². The smallest absolute Gasteiger partial charge is 0.294 e. The number of hydrogen-bond donors (Lipinski definition) is 1. The normalized spacial score (nSPS) is 21.0. The number of benzene rings is 2. The molecule has 1 amide bonds. The first-order valence-corrected chi connectivity index (χ1v) is 15.7. The van der Waals surface area contributed by atoms with Crippen molar-refractivity contribution in [2.75, 3.05) is 17.0 Å². The van der Waals surface area contributed by atoms with Crippen LogP contribution in [0.25, 0.3) is 10.6 Å². The molecule has 1 saturated carbocycles. The van der Waals surface area contributed by atoms with Gasteiger partial charge >= 0.3 is 0 Å². The third kappa shape index (κ3) is 4.45. The van der Waals surface area contributed by atoms with Crippen LogP contribution < -0.4 is 24.7 Å². The average molecular weight is 583 g/mol. The molecule has 6 rings (SSSR count). The molecule has 1 N–H and O–H groups in total. The Morgan fingerprint density at radius 1 is 1.00 bits per heavy atom. The van der Waals surface area contributed by atoms with Gasteiger partial charge in [0.05, 0.1) is 27.6 Å². The number of anilines is 2. The zero-order chi connectivity index (χ0) is 27.5. The van der Waals surface area contributed by atoms with Gasteiger partial charge in [0.15, 0.2) is 0 Å². The molecule has 39 heavy (non-hydrogen) atoms. The maximum atomic E-state index is 14.1. The molecule has 0 radical (unpaired) electrons. The molecule has 1 fully saturated rings. The van der Waals surface area contributed by atoms with Crippen LogP contribution in [-0.4, -0.2) is 36.2 Å². The lowest BCUT2D eigenvalue weighted by Gasteiger charge is -2.23. The van der Waals surface area contributed by atoms with Crippen molar-refractivity contribution in [3.8, 4) is 0 Å². The minimum Gasteiger partial charge on any atom is -0.337 e. The molecule has 12 heteroatoms. The molecule has 0 saturated heterocycles. The van der Waals surface area contributed by atoms with E-state index in [0.29, 0.717) is 26.2 Å². The highest BCUT2D eigenvalue weighted by Gasteiger charge is 2.34. The highest BCUT2D eigenvalue weighted by molar-refractivity contribution is 8.08. The Kier molecular flexibility index (Phi) is 6.53. The van der Waals surface area contributed by atoms with E-state index in [1.54, 1.807) is 18.7 Å². The number of fused-ring (bicyclic) bond motifs is 1. The number of thioether (sulfide) groups is 1. The summed E-state index contributed by atoms with van der Waals surface area (Å²) in [5, 5.41) is 6.54. The summed E-state index contributed by atoms with van der Waals surface area (Å²) in [6.45, 7) is 1.74. The quantitative estimate of drug-likeness (QED) is 0.470. The SMILES string of the molecule is CC1=NN(c2ccc(S(=O)(=O)O)cc2)C(=O)/C1=c1/s/c(=C2\Sc3ccccc3N2C)c(=O)n1C1CCCCC1. The topological polar surface area (TPSA) is 112 Å². The third-order valence-corrected chi connectivity index (χ3v) is 10.7. The molecular formula is C27H26N4O5S3. The van der Waals surface area contributed by atoms with Gasteiger partial charge in [-0.05, 0) is 56.2 Å². The number of amides is 1. The van der Waals surface area contributed by atoms with Crippen molar-refractivity contribution in [2.24, 2.45) is 5.10 Å². The van der Waals surface area contributed by atoms with Crippen LogP contribution >= 0.6 is 23.1 Å². The second kappa shape index (κ2) is 9.77. The van der Waals surface area contributed by atoms with Gasteiger partial charge in [-0.15, -0.1) is 11.3 Å². The second-order valence-corrected chi connectivity index (χ2v) is 13.2. The maximum absolute atomic E-state index is 14.1. The minimum absolute atomic E-state index is 0.00197. The fourth-order valence-electron chi connectivity index (χ4n) is 5.36. The fraction of sp³-hybridized carbons (Fsp3) is 0.296. The Hall–Kier alpha value is -3.19. The summed E-state index contributed by atoms with van der Waals surface area (Å²) in [5.74, 6) is -0.384. The molecule has 1 aromatic heterocycles. The van der Waals surface area contributed by atoms with E-state index in [0.717, 1.165) is 47.7 Å². The number of para-hydroxylation sites is 1. The average Bonchev–Trinajstić information content (AvgIpc) is 3.54.